The summed E-state index contributed by atoms with van der Waals surface area (Å²) in [6.45, 7) is 6.01. The fourth-order valence-electron chi connectivity index (χ4n) is 2.68. The van der Waals surface area contributed by atoms with E-state index >= 15 is 0 Å². The summed E-state index contributed by atoms with van der Waals surface area (Å²) in [5.41, 5.74) is 2.93. The van der Waals surface area contributed by atoms with E-state index in [1.807, 2.05) is 37.3 Å². The number of aryl methyl sites for hydroxylation is 1. The van der Waals surface area contributed by atoms with Gasteiger partial charge in [0, 0.05) is 16.7 Å². The molecule has 0 aliphatic carbocycles. The fourth-order valence-corrected chi connectivity index (χ4v) is 4.43. The number of nitrogens with zero attached hydrogens (tertiary/aromatic N) is 2. The number of rotatable bonds is 5. The molecule has 0 aliphatic heterocycles. The summed E-state index contributed by atoms with van der Waals surface area (Å²) >= 11 is 3.71. The second-order valence-electron chi connectivity index (χ2n) is 5.55. The molecule has 0 N–H and O–H groups in total. The Balaban J connectivity index is 2.11. The van der Waals surface area contributed by atoms with Crippen LogP contribution in [-0.4, -0.2) is 23.7 Å². The summed E-state index contributed by atoms with van der Waals surface area (Å²) in [4.78, 5) is 17.8. The van der Waals surface area contributed by atoms with Gasteiger partial charge in [-0.2, -0.15) is 4.99 Å². The lowest BCUT2D eigenvalue weighted by Gasteiger charge is -2.07. The first-order valence-corrected chi connectivity index (χ1v) is 10.0. The highest BCUT2D eigenvalue weighted by Gasteiger charge is 2.12. The average molecular weight is 466 g/mol. The van der Waals surface area contributed by atoms with Crippen molar-refractivity contribution in [2.75, 3.05) is 13.2 Å². The number of fused-ring (bicyclic) bond motifs is 1. The average Bonchev–Trinajstić information content (AvgIpc) is 2.94. The molecule has 1 amide bonds. The van der Waals surface area contributed by atoms with E-state index in [1.165, 1.54) is 5.56 Å². The molecule has 0 radical (unpaired) electrons. The molecular weight excluding hydrogens is 447 g/mol. The Morgan fingerprint density at radius 3 is 2.80 bits per heavy atom. The first-order valence-electron chi connectivity index (χ1n) is 8.12. The van der Waals surface area contributed by atoms with Crippen LogP contribution in [0.15, 0.2) is 47.5 Å². The summed E-state index contributed by atoms with van der Waals surface area (Å²) in [6.07, 6.45) is 0. The Labute approximate surface area is 164 Å². The number of aromatic nitrogens is 1. The summed E-state index contributed by atoms with van der Waals surface area (Å²) in [5, 5.41) is 0. The molecule has 2 aromatic carbocycles. The van der Waals surface area contributed by atoms with Gasteiger partial charge >= 0.3 is 0 Å². The number of hydrogen-bond acceptors (Lipinski definition) is 3. The van der Waals surface area contributed by atoms with E-state index in [-0.39, 0.29) is 5.91 Å². The maximum atomic E-state index is 12.7. The van der Waals surface area contributed by atoms with Gasteiger partial charge in [-0.25, -0.2) is 0 Å². The second kappa shape index (κ2) is 8.25. The first kappa shape index (κ1) is 18.3. The number of carbonyl (C=O) groups excluding carboxylic acids is 1. The van der Waals surface area contributed by atoms with Gasteiger partial charge in [-0.3, -0.25) is 4.79 Å². The standard InChI is InChI=1S/C19H19IN2O2S/c1-3-24-12-11-22-17-13(2)7-6-10-16(17)25-19(22)21-18(23)14-8-4-5-9-15(14)20/h4-10H,3,11-12H2,1-2H3. The Morgan fingerprint density at radius 1 is 1.24 bits per heavy atom. The minimum atomic E-state index is -0.209. The lowest BCUT2D eigenvalue weighted by atomic mass is 10.2. The Kier molecular flexibility index (Phi) is 6.03. The van der Waals surface area contributed by atoms with Crippen LogP contribution in [0, 0.1) is 10.5 Å². The van der Waals surface area contributed by atoms with E-state index in [1.54, 1.807) is 11.3 Å². The number of amides is 1. The largest absolute Gasteiger partial charge is 0.380 e. The third-order valence-electron chi connectivity index (χ3n) is 3.87. The number of thiazole rings is 1. The number of para-hydroxylation sites is 1. The number of hydrogen-bond donors (Lipinski definition) is 0. The van der Waals surface area contributed by atoms with Crippen LogP contribution in [-0.2, 0) is 11.3 Å². The molecule has 0 saturated carbocycles. The van der Waals surface area contributed by atoms with Gasteiger partial charge in [0.05, 0.1) is 22.4 Å². The van der Waals surface area contributed by atoms with E-state index in [0.29, 0.717) is 30.1 Å². The van der Waals surface area contributed by atoms with Crippen molar-refractivity contribution in [3.63, 3.8) is 0 Å². The van der Waals surface area contributed by atoms with Gasteiger partial charge in [0.15, 0.2) is 4.80 Å². The van der Waals surface area contributed by atoms with Crippen LogP contribution in [0.4, 0.5) is 0 Å². The molecule has 1 aromatic heterocycles. The smallest absolute Gasteiger partial charge is 0.280 e. The molecule has 0 aliphatic rings. The minimum Gasteiger partial charge on any atom is -0.380 e. The highest BCUT2D eigenvalue weighted by Crippen LogP contribution is 2.21. The quantitative estimate of drug-likeness (QED) is 0.414. The van der Waals surface area contributed by atoms with Crippen molar-refractivity contribution in [3.05, 3.63) is 62.0 Å². The molecule has 0 saturated heterocycles. The molecule has 130 valence electrons. The molecule has 0 atom stereocenters. The number of carbonyl (C=O) groups is 1. The van der Waals surface area contributed by atoms with Crippen molar-refractivity contribution >= 4 is 50.1 Å². The SMILES string of the molecule is CCOCCn1c(=NC(=O)c2ccccc2I)sc2cccc(C)c21. The molecule has 0 spiro atoms. The van der Waals surface area contributed by atoms with Crippen molar-refractivity contribution in [2.45, 2.75) is 20.4 Å². The fraction of sp³-hybridized carbons (Fsp3) is 0.263. The molecule has 3 aromatic rings. The van der Waals surface area contributed by atoms with Gasteiger partial charge in [-0.1, -0.05) is 35.6 Å². The highest BCUT2D eigenvalue weighted by molar-refractivity contribution is 14.1. The van der Waals surface area contributed by atoms with Gasteiger partial charge in [-0.15, -0.1) is 0 Å². The van der Waals surface area contributed by atoms with Crippen LogP contribution in [0.25, 0.3) is 10.2 Å². The van der Waals surface area contributed by atoms with Gasteiger partial charge < -0.3 is 9.30 Å². The Morgan fingerprint density at radius 2 is 2.04 bits per heavy atom. The first-order chi connectivity index (χ1) is 12.1. The van der Waals surface area contributed by atoms with Gasteiger partial charge in [0.2, 0.25) is 0 Å². The molecule has 0 unspecified atom stereocenters. The van der Waals surface area contributed by atoms with Crippen molar-refractivity contribution in [2.24, 2.45) is 4.99 Å². The number of halogens is 1. The zero-order valence-corrected chi connectivity index (χ0v) is 17.1. The van der Waals surface area contributed by atoms with Crippen molar-refractivity contribution in [1.29, 1.82) is 0 Å². The van der Waals surface area contributed by atoms with Crippen molar-refractivity contribution in [1.82, 2.24) is 4.57 Å². The van der Waals surface area contributed by atoms with E-state index in [0.717, 1.165) is 13.8 Å². The maximum absolute atomic E-state index is 12.7. The van der Waals surface area contributed by atoms with Gasteiger partial charge in [-0.05, 0) is 60.2 Å². The number of benzene rings is 2. The van der Waals surface area contributed by atoms with Crippen LogP contribution in [0.2, 0.25) is 0 Å². The lowest BCUT2D eigenvalue weighted by Crippen LogP contribution is -2.20. The van der Waals surface area contributed by atoms with E-state index in [2.05, 4.69) is 51.2 Å². The van der Waals surface area contributed by atoms with Crippen LogP contribution in [0.3, 0.4) is 0 Å². The van der Waals surface area contributed by atoms with Gasteiger partial charge in [0.25, 0.3) is 5.91 Å². The zero-order chi connectivity index (χ0) is 17.8. The summed E-state index contributed by atoms with van der Waals surface area (Å²) in [6, 6.07) is 13.7. The van der Waals surface area contributed by atoms with Crippen LogP contribution < -0.4 is 4.80 Å². The van der Waals surface area contributed by atoms with E-state index < -0.39 is 0 Å². The van der Waals surface area contributed by atoms with Crippen molar-refractivity contribution < 1.29 is 9.53 Å². The maximum Gasteiger partial charge on any atom is 0.280 e. The van der Waals surface area contributed by atoms with Crippen LogP contribution in [0.1, 0.15) is 22.8 Å². The number of ether oxygens (including phenoxy) is 1. The van der Waals surface area contributed by atoms with Crippen LogP contribution in [0.5, 0.6) is 0 Å². The summed E-state index contributed by atoms with van der Waals surface area (Å²) in [5.74, 6) is -0.209. The van der Waals surface area contributed by atoms with E-state index in [9.17, 15) is 4.79 Å². The van der Waals surface area contributed by atoms with E-state index in [4.69, 9.17) is 4.74 Å². The molecule has 0 bridgehead atoms. The van der Waals surface area contributed by atoms with Crippen LogP contribution >= 0.6 is 33.9 Å². The van der Waals surface area contributed by atoms with Crippen molar-refractivity contribution in [3.8, 4) is 0 Å². The van der Waals surface area contributed by atoms with Gasteiger partial charge in [0.1, 0.15) is 0 Å². The third kappa shape index (κ3) is 4.02. The zero-order valence-electron chi connectivity index (χ0n) is 14.2. The molecule has 1 heterocycles. The molecular formula is C19H19IN2O2S. The molecule has 3 rings (SSSR count). The lowest BCUT2D eigenvalue weighted by molar-refractivity contribution is 0.0996. The monoisotopic (exact) mass is 466 g/mol. The molecule has 25 heavy (non-hydrogen) atoms. The third-order valence-corrected chi connectivity index (χ3v) is 5.85. The Hall–Kier alpha value is -1.51. The predicted molar refractivity (Wildman–Crippen MR) is 110 cm³/mol. The molecule has 4 nitrogen and oxygen atoms in total. The molecule has 6 heteroatoms. The molecule has 0 fully saturated rings. The Bertz CT molecular complexity index is 975. The normalized spacial score (nSPS) is 12.0. The second-order valence-corrected chi connectivity index (χ2v) is 7.72. The topological polar surface area (TPSA) is 43.6 Å². The minimum absolute atomic E-state index is 0.209. The summed E-state index contributed by atoms with van der Waals surface area (Å²) in [7, 11) is 0. The summed E-state index contributed by atoms with van der Waals surface area (Å²) < 4.78 is 9.65. The predicted octanol–water partition coefficient (Wildman–Crippen LogP) is 4.39. The highest BCUT2D eigenvalue weighted by atomic mass is 127.